The Bertz CT molecular complexity index is 630. The molecule has 2 rings (SSSR count). The summed E-state index contributed by atoms with van der Waals surface area (Å²) in [7, 11) is 3.62. The van der Waals surface area contributed by atoms with Gasteiger partial charge in [-0.05, 0) is 51.4 Å². The second-order valence-electron chi connectivity index (χ2n) is 6.65. The summed E-state index contributed by atoms with van der Waals surface area (Å²) in [6.45, 7) is 5.23. The van der Waals surface area contributed by atoms with Crippen LogP contribution in [0.3, 0.4) is 0 Å². The molecular weight excluding hydrogens is 346 g/mol. The first kappa shape index (κ1) is 21.0. The van der Waals surface area contributed by atoms with Gasteiger partial charge in [0.05, 0.1) is 6.61 Å². The molecule has 27 heavy (non-hydrogen) atoms. The van der Waals surface area contributed by atoms with Gasteiger partial charge < -0.3 is 24.6 Å². The molecule has 0 aromatic heterocycles. The van der Waals surface area contributed by atoms with Crippen molar-refractivity contribution in [2.75, 3.05) is 53.5 Å². The lowest BCUT2D eigenvalue weighted by molar-refractivity contribution is -0.134. The van der Waals surface area contributed by atoms with E-state index >= 15 is 0 Å². The third-order valence-electron chi connectivity index (χ3n) is 4.59. The van der Waals surface area contributed by atoms with Crippen LogP contribution in [-0.2, 0) is 4.79 Å². The molecule has 0 bridgehead atoms. The molecule has 1 saturated heterocycles. The quantitative estimate of drug-likeness (QED) is 0.710. The van der Waals surface area contributed by atoms with Gasteiger partial charge in [0.15, 0.2) is 18.1 Å². The van der Waals surface area contributed by atoms with E-state index < -0.39 is 0 Å². The standard InChI is InChI=1S/C20H31N3O4/c1-4-26-18-14-16(20(25)22(3)13-10-21-2)8-9-17(18)27-15-19(24)23-11-6-5-7-12-23/h8-9,14,21H,4-7,10-13,15H2,1-3H3. The number of carbonyl (C=O) groups excluding carboxylic acids is 2. The number of benzene rings is 1. The number of likely N-dealkylation sites (N-methyl/N-ethyl adjacent to an activating group) is 2. The number of ether oxygens (including phenoxy) is 2. The molecule has 150 valence electrons. The molecule has 1 heterocycles. The predicted octanol–water partition coefficient (Wildman–Crippen LogP) is 1.77. The highest BCUT2D eigenvalue weighted by Crippen LogP contribution is 2.29. The van der Waals surface area contributed by atoms with E-state index in [1.165, 1.54) is 6.42 Å². The molecule has 0 unspecified atom stereocenters. The van der Waals surface area contributed by atoms with Crippen molar-refractivity contribution < 1.29 is 19.1 Å². The van der Waals surface area contributed by atoms with Crippen LogP contribution < -0.4 is 14.8 Å². The first-order valence-corrected chi connectivity index (χ1v) is 9.64. The highest BCUT2D eigenvalue weighted by Gasteiger charge is 2.19. The maximum atomic E-state index is 12.5. The smallest absolute Gasteiger partial charge is 0.260 e. The van der Waals surface area contributed by atoms with Crippen molar-refractivity contribution in [1.82, 2.24) is 15.1 Å². The molecule has 7 nitrogen and oxygen atoms in total. The number of hydrogen-bond donors (Lipinski definition) is 1. The van der Waals surface area contributed by atoms with Crippen LogP contribution in [0.25, 0.3) is 0 Å². The molecule has 1 aromatic rings. The highest BCUT2D eigenvalue weighted by atomic mass is 16.5. The van der Waals surface area contributed by atoms with Gasteiger partial charge in [0.25, 0.3) is 11.8 Å². The topological polar surface area (TPSA) is 71.1 Å². The number of rotatable bonds is 9. The minimum atomic E-state index is -0.0813. The zero-order chi connectivity index (χ0) is 19.6. The Morgan fingerprint density at radius 3 is 2.56 bits per heavy atom. The largest absolute Gasteiger partial charge is 0.490 e. The maximum Gasteiger partial charge on any atom is 0.260 e. The van der Waals surface area contributed by atoms with Gasteiger partial charge in [0.2, 0.25) is 0 Å². The van der Waals surface area contributed by atoms with Crippen molar-refractivity contribution in [3.8, 4) is 11.5 Å². The highest BCUT2D eigenvalue weighted by molar-refractivity contribution is 5.94. The number of nitrogens with zero attached hydrogens (tertiary/aromatic N) is 2. The molecule has 0 atom stereocenters. The average Bonchev–Trinajstić information content (AvgIpc) is 2.71. The van der Waals surface area contributed by atoms with Gasteiger partial charge in [-0.2, -0.15) is 0 Å². The first-order valence-electron chi connectivity index (χ1n) is 9.64. The third-order valence-corrected chi connectivity index (χ3v) is 4.59. The number of nitrogens with one attached hydrogen (secondary N) is 1. The lowest BCUT2D eigenvalue weighted by atomic mass is 10.1. The normalized spacial score (nSPS) is 14.0. The Balaban J connectivity index is 2.03. The second kappa shape index (κ2) is 10.8. The molecule has 0 aliphatic carbocycles. The molecule has 7 heteroatoms. The van der Waals surface area contributed by atoms with Crippen molar-refractivity contribution in [3.05, 3.63) is 23.8 Å². The molecule has 0 radical (unpaired) electrons. The molecule has 0 saturated carbocycles. The Morgan fingerprint density at radius 2 is 1.89 bits per heavy atom. The number of amides is 2. The van der Waals surface area contributed by atoms with Crippen LogP contribution in [0.4, 0.5) is 0 Å². The van der Waals surface area contributed by atoms with E-state index in [2.05, 4.69) is 5.32 Å². The van der Waals surface area contributed by atoms with Gasteiger partial charge in [-0.3, -0.25) is 9.59 Å². The van der Waals surface area contributed by atoms with E-state index in [1.54, 1.807) is 30.1 Å². The summed E-state index contributed by atoms with van der Waals surface area (Å²) in [5.74, 6) is 0.875. The van der Waals surface area contributed by atoms with Crippen LogP contribution in [0.15, 0.2) is 18.2 Å². The Labute approximate surface area is 161 Å². The first-order chi connectivity index (χ1) is 13.1. The fourth-order valence-corrected chi connectivity index (χ4v) is 3.00. The minimum absolute atomic E-state index is 0.0101. The van der Waals surface area contributed by atoms with Crippen molar-refractivity contribution in [3.63, 3.8) is 0 Å². The van der Waals surface area contributed by atoms with Gasteiger partial charge >= 0.3 is 0 Å². The second-order valence-corrected chi connectivity index (χ2v) is 6.65. The van der Waals surface area contributed by atoms with E-state index in [0.717, 1.165) is 32.5 Å². The van der Waals surface area contributed by atoms with Crippen LogP contribution in [0.1, 0.15) is 36.5 Å². The van der Waals surface area contributed by atoms with Crippen LogP contribution in [0.2, 0.25) is 0 Å². The predicted molar refractivity (Wildman–Crippen MR) is 104 cm³/mol. The Hall–Kier alpha value is -2.28. The van der Waals surface area contributed by atoms with Crippen molar-refractivity contribution in [2.24, 2.45) is 0 Å². The van der Waals surface area contributed by atoms with Gasteiger partial charge in [-0.15, -0.1) is 0 Å². The summed E-state index contributed by atoms with van der Waals surface area (Å²) in [5.41, 5.74) is 0.534. The van der Waals surface area contributed by atoms with E-state index in [1.807, 2.05) is 18.9 Å². The summed E-state index contributed by atoms with van der Waals surface area (Å²) in [6.07, 6.45) is 3.28. The van der Waals surface area contributed by atoms with Gasteiger partial charge in [-0.1, -0.05) is 0 Å². The number of likely N-dealkylation sites (tertiary alicyclic amines) is 1. The summed E-state index contributed by atoms with van der Waals surface area (Å²) in [6, 6.07) is 5.09. The molecule has 2 amide bonds. The SMILES string of the molecule is CCOc1cc(C(=O)N(C)CCNC)ccc1OCC(=O)N1CCCCC1. The Morgan fingerprint density at radius 1 is 1.15 bits per heavy atom. The Kier molecular flexibility index (Phi) is 8.39. The van der Waals surface area contributed by atoms with Crippen LogP contribution in [0, 0.1) is 0 Å². The number of hydrogen-bond acceptors (Lipinski definition) is 5. The van der Waals surface area contributed by atoms with E-state index in [9.17, 15) is 9.59 Å². The zero-order valence-electron chi connectivity index (χ0n) is 16.6. The molecule has 1 aliphatic rings. The lowest BCUT2D eigenvalue weighted by Gasteiger charge is -2.26. The lowest BCUT2D eigenvalue weighted by Crippen LogP contribution is -2.38. The summed E-state index contributed by atoms with van der Waals surface area (Å²) in [4.78, 5) is 28.3. The van der Waals surface area contributed by atoms with Crippen LogP contribution in [0.5, 0.6) is 11.5 Å². The van der Waals surface area contributed by atoms with E-state index in [-0.39, 0.29) is 18.4 Å². The molecule has 1 aromatic carbocycles. The van der Waals surface area contributed by atoms with Crippen LogP contribution >= 0.6 is 0 Å². The zero-order valence-corrected chi connectivity index (χ0v) is 16.6. The molecule has 1 fully saturated rings. The van der Waals surface area contributed by atoms with E-state index in [0.29, 0.717) is 30.2 Å². The third kappa shape index (κ3) is 6.13. The van der Waals surface area contributed by atoms with Crippen LogP contribution in [-0.4, -0.2) is 75.1 Å². The molecular formula is C20H31N3O4. The van der Waals surface area contributed by atoms with E-state index in [4.69, 9.17) is 9.47 Å². The minimum Gasteiger partial charge on any atom is -0.490 e. The average molecular weight is 377 g/mol. The monoisotopic (exact) mass is 377 g/mol. The maximum absolute atomic E-state index is 12.5. The number of piperidine rings is 1. The summed E-state index contributed by atoms with van der Waals surface area (Å²) in [5, 5.41) is 3.03. The number of carbonyl (C=O) groups is 2. The van der Waals surface area contributed by atoms with Gasteiger partial charge in [-0.25, -0.2) is 0 Å². The van der Waals surface area contributed by atoms with Gasteiger partial charge in [0.1, 0.15) is 0 Å². The van der Waals surface area contributed by atoms with Gasteiger partial charge in [0, 0.05) is 38.8 Å². The molecule has 1 N–H and O–H groups in total. The fourth-order valence-electron chi connectivity index (χ4n) is 3.00. The fraction of sp³-hybridized carbons (Fsp3) is 0.600. The van der Waals surface area contributed by atoms with Crippen molar-refractivity contribution >= 4 is 11.8 Å². The van der Waals surface area contributed by atoms with Crippen molar-refractivity contribution in [1.29, 1.82) is 0 Å². The van der Waals surface area contributed by atoms with Crippen molar-refractivity contribution in [2.45, 2.75) is 26.2 Å². The molecule has 1 aliphatic heterocycles. The summed E-state index contributed by atoms with van der Waals surface area (Å²) >= 11 is 0. The molecule has 0 spiro atoms. The summed E-state index contributed by atoms with van der Waals surface area (Å²) < 4.78 is 11.3.